The third-order valence-corrected chi connectivity index (χ3v) is 2.72. The first-order chi connectivity index (χ1) is 10.1. The number of nitrogens with zero attached hydrogens (tertiary/aromatic N) is 1. The maximum absolute atomic E-state index is 13.1. The second kappa shape index (κ2) is 6.78. The van der Waals surface area contributed by atoms with Crippen molar-refractivity contribution in [3.8, 4) is 0 Å². The summed E-state index contributed by atoms with van der Waals surface area (Å²) in [7, 11) is 0. The fourth-order valence-electron chi connectivity index (χ4n) is 1.71. The Hall–Kier alpha value is -2.50. The lowest BCUT2D eigenvalue weighted by Gasteiger charge is -2.08. The number of aromatic nitrogens is 1. The van der Waals surface area contributed by atoms with Crippen molar-refractivity contribution in [3.63, 3.8) is 0 Å². The number of carbonyl (C=O) groups excluding carboxylic acids is 1. The van der Waals surface area contributed by atoms with Crippen LogP contribution in [0.15, 0.2) is 36.5 Å². The van der Waals surface area contributed by atoms with Crippen molar-refractivity contribution in [1.82, 2.24) is 4.98 Å². The SMILES string of the molecule is CCCC(=O)Nc1ccc(Nc2ccc(F)c(F)c2)cn1. The molecule has 1 amide bonds. The molecule has 0 atom stereocenters. The number of anilines is 3. The van der Waals surface area contributed by atoms with E-state index in [1.807, 2.05) is 6.92 Å². The van der Waals surface area contributed by atoms with E-state index in [0.29, 0.717) is 23.6 Å². The minimum Gasteiger partial charge on any atom is -0.354 e. The number of benzene rings is 1. The van der Waals surface area contributed by atoms with Gasteiger partial charge >= 0.3 is 0 Å². The first-order valence-electron chi connectivity index (χ1n) is 6.56. The van der Waals surface area contributed by atoms with Crippen LogP contribution in [0.5, 0.6) is 0 Å². The Bertz CT molecular complexity index is 629. The molecule has 0 aliphatic rings. The summed E-state index contributed by atoms with van der Waals surface area (Å²) in [5.74, 6) is -1.46. The van der Waals surface area contributed by atoms with Gasteiger partial charge in [-0.05, 0) is 30.7 Å². The van der Waals surface area contributed by atoms with E-state index in [2.05, 4.69) is 15.6 Å². The summed E-state index contributed by atoms with van der Waals surface area (Å²) < 4.78 is 25.9. The van der Waals surface area contributed by atoms with Crippen LogP contribution in [-0.4, -0.2) is 10.9 Å². The first-order valence-corrected chi connectivity index (χ1v) is 6.56. The van der Waals surface area contributed by atoms with Crippen molar-refractivity contribution in [2.75, 3.05) is 10.6 Å². The average Bonchev–Trinajstić information content (AvgIpc) is 2.45. The predicted molar refractivity (Wildman–Crippen MR) is 77.4 cm³/mol. The lowest BCUT2D eigenvalue weighted by molar-refractivity contribution is -0.116. The smallest absolute Gasteiger partial charge is 0.225 e. The van der Waals surface area contributed by atoms with Crippen LogP contribution in [0.1, 0.15) is 19.8 Å². The third kappa shape index (κ3) is 4.24. The molecule has 0 radical (unpaired) electrons. The Balaban J connectivity index is 2.01. The molecule has 0 aliphatic carbocycles. The van der Waals surface area contributed by atoms with Crippen LogP contribution >= 0.6 is 0 Å². The second-order valence-corrected chi connectivity index (χ2v) is 4.48. The zero-order valence-corrected chi connectivity index (χ0v) is 11.5. The van der Waals surface area contributed by atoms with Gasteiger partial charge in [-0.1, -0.05) is 6.92 Å². The van der Waals surface area contributed by atoms with Crippen molar-refractivity contribution < 1.29 is 13.6 Å². The molecule has 0 bridgehead atoms. The lowest BCUT2D eigenvalue weighted by Crippen LogP contribution is -2.11. The van der Waals surface area contributed by atoms with Crippen LogP contribution in [0.4, 0.5) is 26.0 Å². The average molecular weight is 291 g/mol. The Morgan fingerprint density at radius 2 is 1.90 bits per heavy atom. The molecule has 1 heterocycles. The highest BCUT2D eigenvalue weighted by Crippen LogP contribution is 2.19. The van der Waals surface area contributed by atoms with Gasteiger partial charge in [0.1, 0.15) is 5.82 Å². The van der Waals surface area contributed by atoms with Gasteiger partial charge in [0.05, 0.1) is 11.9 Å². The maximum atomic E-state index is 13.1. The highest BCUT2D eigenvalue weighted by Gasteiger charge is 2.04. The number of rotatable bonds is 5. The largest absolute Gasteiger partial charge is 0.354 e. The van der Waals surface area contributed by atoms with E-state index in [-0.39, 0.29) is 5.91 Å². The molecule has 0 fully saturated rings. The number of hydrogen-bond donors (Lipinski definition) is 2. The van der Waals surface area contributed by atoms with E-state index < -0.39 is 11.6 Å². The number of amides is 1. The zero-order valence-electron chi connectivity index (χ0n) is 11.5. The van der Waals surface area contributed by atoms with Gasteiger partial charge in [0.2, 0.25) is 5.91 Å². The highest BCUT2D eigenvalue weighted by molar-refractivity contribution is 5.89. The van der Waals surface area contributed by atoms with Gasteiger partial charge in [0.15, 0.2) is 11.6 Å². The summed E-state index contributed by atoms with van der Waals surface area (Å²) in [6.07, 6.45) is 2.71. The Kier molecular flexibility index (Phi) is 4.81. The molecule has 1 aromatic heterocycles. The van der Waals surface area contributed by atoms with Crippen LogP contribution in [0, 0.1) is 11.6 Å². The molecule has 0 spiro atoms. The zero-order chi connectivity index (χ0) is 15.2. The van der Waals surface area contributed by atoms with E-state index in [0.717, 1.165) is 18.6 Å². The fourth-order valence-corrected chi connectivity index (χ4v) is 1.71. The van der Waals surface area contributed by atoms with Crippen molar-refractivity contribution in [3.05, 3.63) is 48.2 Å². The van der Waals surface area contributed by atoms with E-state index in [1.165, 1.54) is 12.3 Å². The molecule has 0 aliphatic heterocycles. The van der Waals surface area contributed by atoms with Crippen molar-refractivity contribution in [2.24, 2.45) is 0 Å². The van der Waals surface area contributed by atoms with E-state index in [4.69, 9.17) is 0 Å². The van der Waals surface area contributed by atoms with Gasteiger partial charge in [0.25, 0.3) is 0 Å². The van der Waals surface area contributed by atoms with Gasteiger partial charge in [-0.15, -0.1) is 0 Å². The van der Waals surface area contributed by atoms with Gasteiger partial charge in [0, 0.05) is 18.2 Å². The number of hydrogen-bond acceptors (Lipinski definition) is 3. The molecule has 110 valence electrons. The van der Waals surface area contributed by atoms with Crippen LogP contribution < -0.4 is 10.6 Å². The van der Waals surface area contributed by atoms with E-state index >= 15 is 0 Å². The molecule has 0 unspecified atom stereocenters. The van der Waals surface area contributed by atoms with Gasteiger partial charge in [-0.3, -0.25) is 4.79 Å². The molecule has 1 aromatic carbocycles. The lowest BCUT2D eigenvalue weighted by atomic mass is 10.3. The molecule has 2 N–H and O–H groups in total. The summed E-state index contributed by atoms with van der Waals surface area (Å²) in [5.41, 5.74) is 1.02. The summed E-state index contributed by atoms with van der Waals surface area (Å²) in [5, 5.41) is 5.56. The van der Waals surface area contributed by atoms with Crippen molar-refractivity contribution in [1.29, 1.82) is 0 Å². The number of carbonyl (C=O) groups is 1. The van der Waals surface area contributed by atoms with Crippen LogP contribution in [0.3, 0.4) is 0 Å². The fraction of sp³-hybridized carbons (Fsp3) is 0.200. The van der Waals surface area contributed by atoms with E-state index in [1.54, 1.807) is 12.1 Å². The Labute approximate surface area is 121 Å². The summed E-state index contributed by atoms with van der Waals surface area (Å²) in [4.78, 5) is 15.5. The van der Waals surface area contributed by atoms with Gasteiger partial charge in [-0.25, -0.2) is 13.8 Å². The van der Waals surface area contributed by atoms with Crippen LogP contribution in [-0.2, 0) is 4.79 Å². The minimum absolute atomic E-state index is 0.0914. The molecule has 2 aromatic rings. The van der Waals surface area contributed by atoms with Crippen LogP contribution in [0.25, 0.3) is 0 Å². The summed E-state index contributed by atoms with van der Waals surface area (Å²) in [6.45, 7) is 1.92. The quantitative estimate of drug-likeness (QED) is 0.880. The monoisotopic (exact) mass is 291 g/mol. The molecule has 6 heteroatoms. The van der Waals surface area contributed by atoms with Gasteiger partial charge < -0.3 is 10.6 Å². The molecule has 0 saturated carbocycles. The standard InChI is InChI=1S/C15H15F2N3O/c1-2-3-15(21)20-14-7-5-11(9-18-14)19-10-4-6-12(16)13(17)8-10/h4-9,19H,2-3H2,1H3,(H,18,20,21). The Morgan fingerprint density at radius 3 is 2.52 bits per heavy atom. The molecular weight excluding hydrogens is 276 g/mol. The highest BCUT2D eigenvalue weighted by atomic mass is 19.2. The molecule has 21 heavy (non-hydrogen) atoms. The van der Waals surface area contributed by atoms with Crippen molar-refractivity contribution >= 4 is 23.1 Å². The number of halogens is 2. The molecule has 2 rings (SSSR count). The maximum Gasteiger partial charge on any atom is 0.225 e. The summed E-state index contributed by atoms with van der Waals surface area (Å²) in [6, 6.07) is 6.86. The second-order valence-electron chi connectivity index (χ2n) is 4.48. The number of nitrogens with one attached hydrogen (secondary N) is 2. The molecule has 4 nitrogen and oxygen atoms in total. The van der Waals surface area contributed by atoms with Crippen molar-refractivity contribution in [2.45, 2.75) is 19.8 Å². The topological polar surface area (TPSA) is 54.0 Å². The van der Waals surface area contributed by atoms with Gasteiger partial charge in [-0.2, -0.15) is 0 Å². The summed E-state index contributed by atoms with van der Waals surface area (Å²) >= 11 is 0. The molecule has 0 saturated heterocycles. The normalized spacial score (nSPS) is 10.2. The number of pyridine rings is 1. The van der Waals surface area contributed by atoms with Crippen LogP contribution in [0.2, 0.25) is 0 Å². The Morgan fingerprint density at radius 1 is 1.14 bits per heavy atom. The predicted octanol–water partition coefficient (Wildman–Crippen LogP) is 3.84. The molecular formula is C15H15F2N3O. The minimum atomic E-state index is -0.920. The first kappa shape index (κ1) is 14.9. The van der Waals surface area contributed by atoms with E-state index in [9.17, 15) is 13.6 Å². The third-order valence-electron chi connectivity index (χ3n) is 2.72.